The zero-order chi connectivity index (χ0) is 13.8. The molecule has 0 amide bonds. The Balaban J connectivity index is 1.57. The lowest BCUT2D eigenvalue weighted by Gasteiger charge is -2.09. The first-order valence-electron chi connectivity index (χ1n) is 6.23. The van der Waals surface area contributed by atoms with E-state index in [0.29, 0.717) is 13.2 Å². The van der Waals surface area contributed by atoms with Crippen molar-refractivity contribution in [2.75, 3.05) is 13.2 Å². The average molecular weight is 274 g/mol. The van der Waals surface area contributed by atoms with Gasteiger partial charge in [0.2, 0.25) is 0 Å². The molecule has 20 heavy (non-hydrogen) atoms. The summed E-state index contributed by atoms with van der Waals surface area (Å²) in [5, 5.41) is 11.0. The van der Waals surface area contributed by atoms with Crippen LogP contribution in [0, 0.1) is 0 Å². The van der Waals surface area contributed by atoms with Gasteiger partial charge in [0.1, 0.15) is 18.7 Å². The van der Waals surface area contributed by atoms with Crippen molar-refractivity contribution in [1.29, 1.82) is 0 Å². The summed E-state index contributed by atoms with van der Waals surface area (Å²) in [6, 6.07) is 7.89. The SMILES string of the molecule is NC1=N[C@@H](CCOc2cccc(-n3cnnn3)c2)CO1. The van der Waals surface area contributed by atoms with Gasteiger partial charge in [0.05, 0.1) is 18.3 Å². The first-order valence-corrected chi connectivity index (χ1v) is 6.23. The normalized spacial score (nSPS) is 17.6. The zero-order valence-corrected chi connectivity index (χ0v) is 10.7. The third-order valence-corrected chi connectivity index (χ3v) is 2.88. The van der Waals surface area contributed by atoms with Gasteiger partial charge in [-0.1, -0.05) is 6.07 Å². The van der Waals surface area contributed by atoms with E-state index in [2.05, 4.69) is 20.5 Å². The number of nitrogens with zero attached hydrogens (tertiary/aromatic N) is 5. The molecule has 0 bridgehead atoms. The molecule has 3 rings (SSSR count). The van der Waals surface area contributed by atoms with E-state index >= 15 is 0 Å². The summed E-state index contributed by atoms with van der Waals surface area (Å²) in [5.74, 6) is 0.758. The van der Waals surface area contributed by atoms with E-state index < -0.39 is 0 Å². The van der Waals surface area contributed by atoms with E-state index in [1.165, 1.54) is 6.33 Å². The molecule has 104 valence electrons. The highest BCUT2D eigenvalue weighted by molar-refractivity contribution is 5.72. The highest BCUT2D eigenvalue weighted by Gasteiger charge is 2.16. The maximum atomic E-state index is 5.69. The van der Waals surface area contributed by atoms with Crippen LogP contribution >= 0.6 is 0 Å². The largest absolute Gasteiger partial charge is 0.493 e. The minimum atomic E-state index is 0.0812. The fraction of sp³-hybridized carbons (Fsp3) is 0.333. The lowest BCUT2D eigenvalue weighted by molar-refractivity contribution is 0.263. The van der Waals surface area contributed by atoms with Crippen LogP contribution in [0.2, 0.25) is 0 Å². The Bertz CT molecular complexity index is 598. The number of benzene rings is 1. The molecule has 1 aromatic carbocycles. The van der Waals surface area contributed by atoms with Gasteiger partial charge >= 0.3 is 0 Å². The second-order valence-corrected chi connectivity index (χ2v) is 4.32. The number of nitrogens with two attached hydrogens (primary N) is 1. The number of aromatic nitrogens is 4. The lowest BCUT2D eigenvalue weighted by Crippen LogP contribution is -2.12. The standard InChI is InChI=1S/C12H14N6O2/c13-12-15-9(7-20-12)4-5-19-11-3-1-2-10(6-11)18-8-14-16-17-18/h1-3,6,8-9H,4-5,7H2,(H2,13,15)/t9-/m0/s1. The second kappa shape index (κ2) is 5.55. The Hall–Kier alpha value is -2.64. The van der Waals surface area contributed by atoms with Crippen molar-refractivity contribution in [1.82, 2.24) is 20.2 Å². The number of ether oxygens (including phenoxy) is 2. The van der Waals surface area contributed by atoms with Crippen molar-refractivity contribution in [3.05, 3.63) is 30.6 Å². The van der Waals surface area contributed by atoms with Crippen molar-refractivity contribution in [3.63, 3.8) is 0 Å². The Kier molecular flexibility index (Phi) is 3.44. The summed E-state index contributed by atoms with van der Waals surface area (Å²) in [6.45, 7) is 1.07. The molecule has 1 aromatic heterocycles. The van der Waals surface area contributed by atoms with Gasteiger partial charge in [0.15, 0.2) is 0 Å². The highest BCUT2D eigenvalue weighted by Crippen LogP contribution is 2.16. The molecule has 0 spiro atoms. The molecule has 1 atom stereocenters. The molecule has 0 fully saturated rings. The minimum Gasteiger partial charge on any atom is -0.493 e. The first-order chi connectivity index (χ1) is 9.81. The van der Waals surface area contributed by atoms with Crippen LogP contribution in [-0.4, -0.2) is 45.5 Å². The molecule has 0 radical (unpaired) electrons. The van der Waals surface area contributed by atoms with Crippen LogP contribution < -0.4 is 10.5 Å². The summed E-state index contributed by atoms with van der Waals surface area (Å²) in [7, 11) is 0. The van der Waals surface area contributed by atoms with E-state index in [1.807, 2.05) is 24.3 Å². The molecule has 8 heteroatoms. The Morgan fingerprint density at radius 1 is 1.45 bits per heavy atom. The summed E-state index contributed by atoms with van der Waals surface area (Å²) in [4.78, 5) is 4.14. The van der Waals surface area contributed by atoms with Crippen LogP contribution in [0.15, 0.2) is 35.6 Å². The van der Waals surface area contributed by atoms with Gasteiger partial charge in [-0.05, 0) is 22.6 Å². The number of rotatable bonds is 5. The van der Waals surface area contributed by atoms with Crippen LogP contribution in [-0.2, 0) is 4.74 Å². The summed E-state index contributed by atoms with van der Waals surface area (Å²) < 4.78 is 12.3. The number of aliphatic imine (C=N–C) groups is 1. The van der Waals surface area contributed by atoms with Crippen LogP contribution in [0.4, 0.5) is 0 Å². The molecule has 1 aliphatic rings. The number of hydrogen-bond acceptors (Lipinski definition) is 7. The minimum absolute atomic E-state index is 0.0812. The molecule has 0 saturated heterocycles. The number of tetrazole rings is 1. The quantitative estimate of drug-likeness (QED) is 0.832. The monoisotopic (exact) mass is 274 g/mol. The van der Waals surface area contributed by atoms with E-state index in [-0.39, 0.29) is 12.1 Å². The van der Waals surface area contributed by atoms with Gasteiger partial charge in [0, 0.05) is 12.5 Å². The van der Waals surface area contributed by atoms with Crippen LogP contribution in [0.5, 0.6) is 5.75 Å². The van der Waals surface area contributed by atoms with Crippen molar-refractivity contribution >= 4 is 6.02 Å². The smallest absolute Gasteiger partial charge is 0.282 e. The highest BCUT2D eigenvalue weighted by atomic mass is 16.5. The van der Waals surface area contributed by atoms with Crippen LogP contribution in [0.3, 0.4) is 0 Å². The third-order valence-electron chi connectivity index (χ3n) is 2.88. The van der Waals surface area contributed by atoms with Crippen molar-refractivity contribution in [2.45, 2.75) is 12.5 Å². The number of amidine groups is 1. The van der Waals surface area contributed by atoms with Crippen molar-refractivity contribution in [3.8, 4) is 11.4 Å². The third kappa shape index (κ3) is 2.85. The fourth-order valence-electron chi connectivity index (χ4n) is 1.89. The number of hydrogen-bond donors (Lipinski definition) is 1. The van der Waals surface area contributed by atoms with Gasteiger partial charge in [-0.15, -0.1) is 5.10 Å². The molecule has 2 N–H and O–H groups in total. The van der Waals surface area contributed by atoms with Crippen LogP contribution in [0.1, 0.15) is 6.42 Å². The molecule has 0 aliphatic carbocycles. The Morgan fingerprint density at radius 3 is 3.15 bits per heavy atom. The summed E-state index contributed by atoms with van der Waals surface area (Å²) >= 11 is 0. The van der Waals surface area contributed by atoms with Gasteiger partial charge < -0.3 is 15.2 Å². The zero-order valence-electron chi connectivity index (χ0n) is 10.7. The van der Waals surface area contributed by atoms with Gasteiger partial charge in [0.25, 0.3) is 6.02 Å². The molecular weight excluding hydrogens is 260 g/mol. The summed E-state index contributed by atoms with van der Waals surface area (Å²) in [5.41, 5.74) is 6.29. The maximum absolute atomic E-state index is 5.69. The van der Waals surface area contributed by atoms with Gasteiger partial charge in [-0.25, -0.2) is 9.67 Å². The predicted molar refractivity (Wildman–Crippen MR) is 70.6 cm³/mol. The summed E-state index contributed by atoms with van der Waals surface area (Å²) in [6.07, 6.45) is 2.29. The Labute approximate surface area is 115 Å². The molecule has 8 nitrogen and oxygen atoms in total. The molecular formula is C12H14N6O2. The van der Waals surface area contributed by atoms with Crippen LogP contribution in [0.25, 0.3) is 5.69 Å². The average Bonchev–Trinajstić information content (AvgIpc) is 3.11. The lowest BCUT2D eigenvalue weighted by atomic mass is 10.2. The van der Waals surface area contributed by atoms with Gasteiger partial charge in [-0.2, -0.15) is 0 Å². The first kappa shape index (κ1) is 12.4. The van der Waals surface area contributed by atoms with Crippen molar-refractivity contribution in [2.24, 2.45) is 10.7 Å². The van der Waals surface area contributed by atoms with Gasteiger partial charge in [-0.3, -0.25) is 0 Å². The molecule has 2 aromatic rings. The van der Waals surface area contributed by atoms with Crippen molar-refractivity contribution < 1.29 is 9.47 Å². The molecule has 1 aliphatic heterocycles. The molecule has 0 saturated carbocycles. The molecule has 0 unspecified atom stereocenters. The second-order valence-electron chi connectivity index (χ2n) is 4.32. The topological polar surface area (TPSA) is 100 Å². The predicted octanol–water partition coefficient (Wildman–Crippen LogP) is 0.145. The fourth-order valence-corrected chi connectivity index (χ4v) is 1.89. The Morgan fingerprint density at radius 2 is 2.40 bits per heavy atom. The maximum Gasteiger partial charge on any atom is 0.282 e. The molecule has 2 heterocycles. The van der Waals surface area contributed by atoms with E-state index in [9.17, 15) is 0 Å². The van der Waals surface area contributed by atoms with E-state index in [0.717, 1.165) is 17.9 Å². The van der Waals surface area contributed by atoms with E-state index in [4.69, 9.17) is 15.2 Å². The van der Waals surface area contributed by atoms with E-state index in [1.54, 1.807) is 4.68 Å².